The van der Waals surface area contributed by atoms with Crippen LogP contribution in [0.1, 0.15) is 35.7 Å². The minimum atomic E-state index is -0.331. The smallest absolute Gasteiger partial charge is 0.310 e. The van der Waals surface area contributed by atoms with E-state index in [4.69, 9.17) is 9.72 Å². The molecule has 0 aliphatic carbocycles. The molecular weight excluding hydrogens is 497 g/mol. The highest BCUT2D eigenvalue weighted by atomic mass is 19.1. The van der Waals surface area contributed by atoms with Gasteiger partial charge in [-0.15, -0.1) is 0 Å². The molecule has 0 unspecified atom stereocenters. The number of carbonyl (C=O) groups excluding carboxylic acids is 2. The molecule has 0 saturated carbocycles. The van der Waals surface area contributed by atoms with Crippen molar-refractivity contribution in [1.29, 1.82) is 0 Å². The lowest BCUT2D eigenvalue weighted by atomic mass is 9.97. The Balaban J connectivity index is 1.43. The minimum absolute atomic E-state index is 0.189. The van der Waals surface area contributed by atoms with E-state index in [-0.39, 0.29) is 23.6 Å². The van der Waals surface area contributed by atoms with Crippen LogP contribution in [0.4, 0.5) is 15.9 Å². The maximum absolute atomic E-state index is 14.4. The van der Waals surface area contributed by atoms with Crippen molar-refractivity contribution in [3.8, 4) is 11.4 Å². The molecule has 3 aromatic rings. The lowest BCUT2D eigenvalue weighted by molar-refractivity contribution is -0.149. The molecule has 2 aliphatic heterocycles. The van der Waals surface area contributed by atoms with Gasteiger partial charge < -0.3 is 19.4 Å². The van der Waals surface area contributed by atoms with E-state index in [0.717, 1.165) is 17.5 Å². The maximum Gasteiger partial charge on any atom is 0.310 e. The highest BCUT2D eigenvalue weighted by molar-refractivity contribution is 5.99. The molecule has 1 aromatic heterocycles. The molecule has 204 valence electrons. The van der Waals surface area contributed by atoms with E-state index < -0.39 is 0 Å². The molecule has 0 spiro atoms. The number of amides is 1. The first-order valence-electron chi connectivity index (χ1n) is 13.6. The van der Waals surface area contributed by atoms with E-state index in [9.17, 15) is 14.0 Å². The van der Waals surface area contributed by atoms with E-state index in [0.29, 0.717) is 75.2 Å². The molecule has 1 amide bonds. The first-order valence-corrected chi connectivity index (χ1v) is 13.6. The van der Waals surface area contributed by atoms with Crippen LogP contribution in [-0.2, 0) is 9.53 Å². The standard InChI is InChI=1S/C30H34FN5O3/c1-3-39-30(38)23-10-7-13-36(20-23)29(37)24-19-32-27(22-9-6-8-21(2)18-22)33-28(24)35-16-14-34(15-17-35)26-12-5-4-11-25(26)31/h4-6,8-9,11-12,18-19,23H,3,7,10,13-17,20H2,1-2H3/t23-/m1/s1. The molecule has 9 heteroatoms. The Morgan fingerprint density at radius 3 is 2.54 bits per heavy atom. The number of para-hydroxylation sites is 1. The summed E-state index contributed by atoms with van der Waals surface area (Å²) in [5.41, 5.74) is 2.96. The van der Waals surface area contributed by atoms with Crippen molar-refractivity contribution in [1.82, 2.24) is 14.9 Å². The van der Waals surface area contributed by atoms with Crippen LogP contribution in [0.5, 0.6) is 0 Å². The number of ether oxygens (including phenoxy) is 1. The maximum atomic E-state index is 14.4. The number of piperidine rings is 1. The summed E-state index contributed by atoms with van der Waals surface area (Å²) in [5, 5.41) is 0. The Morgan fingerprint density at radius 1 is 1.03 bits per heavy atom. The topological polar surface area (TPSA) is 78.9 Å². The zero-order chi connectivity index (χ0) is 27.4. The lowest BCUT2D eigenvalue weighted by Gasteiger charge is -2.38. The lowest BCUT2D eigenvalue weighted by Crippen LogP contribution is -2.48. The molecule has 2 aromatic carbocycles. The number of piperazine rings is 1. The van der Waals surface area contributed by atoms with Crippen molar-refractivity contribution in [3.05, 3.63) is 71.7 Å². The van der Waals surface area contributed by atoms with Gasteiger partial charge in [0.2, 0.25) is 0 Å². The Hall–Kier alpha value is -4.01. The summed E-state index contributed by atoms with van der Waals surface area (Å²) in [6.07, 6.45) is 3.05. The van der Waals surface area contributed by atoms with Crippen LogP contribution in [0.3, 0.4) is 0 Å². The van der Waals surface area contributed by atoms with Crippen LogP contribution in [0.25, 0.3) is 11.4 Å². The monoisotopic (exact) mass is 531 g/mol. The highest BCUT2D eigenvalue weighted by Crippen LogP contribution is 2.28. The largest absolute Gasteiger partial charge is 0.466 e. The summed E-state index contributed by atoms with van der Waals surface area (Å²) >= 11 is 0. The normalized spacial score (nSPS) is 17.7. The Bertz CT molecular complexity index is 1340. The van der Waals surface area contributed by atoms with Crippen LogP contribution >= 0.6 is 0 Å². The number of likely N-dealkylation sites (tertiary alicyclic amines) is 1. The second-order valence-electron chi connectivity index (χ2n) is 10.1. The van der Waals surface area contributed by atoms with Gasteiger partial charge >= 0.3 is 5.97 Å². The molecule has 2 fully saturated rings. The summed E-state index contributed by atoms with van der Waals surface area (Å²) in [6, 6.07) is 14.7. The van der Waals surface area contributed by atoms with Gasteiger partial charge in [0.15, 0.2) is 5.82 Å². The predicted octanol–water partition coefficient (Wildman–Crippen LogP) is 4.33. The number of aromatic nitrogens is 2. The minimum Gasteiger partial charge on any atom is -0.466 e. The summed E-state index contributed by atoms with van der Waals surface area (Å²) in [5.74, 6) is 0.0920. The summed E-state index contributed by atoms with van der Waals surface area (Å²) in [4.78, 5) is 41.5. The summed E-state index contributed by atoms with van der Waals surface area (Å²) in [7, 11) is 0. The van der Waals surface area contributed by atoms with E-state index in [1.165, 1.54) is 6.07 Å². The number of hydrogen-bond acceptors (Lipinski definition) is 7. The Kier molecular flexibility index (Phi) is 8.05. The molecule has 5 rings (SSSR count). The van der Waals surface area contributed by atoms with Crippen LogP contribution in [0.2, 0.25) is 0 Å². The zero-order valence-electron chi connectivity index (χ0n) is 22.5. The number of nitrogens with zero attached hydrogens (tertiary/aromatic N) is 5. The number of esters is 1. The average Bonchev–Trinajstić information content (AvgIpc) is 2.97. The van der Waals surface area contributed by atoms with Gasteiger partial charge in [0.05, 0.1) is 18.2 Å². The predicted molar refractivity (Wildman–Crippen MR) is 148 cm³/mol. The summed E-state index contributed by atoms with van der Waals surface area (Å²) in [6.45, 7) is 7.33. The highest BCUT2D eigenvalue weighted by Gasteiger charge is 2.33. The van der Waals surface area contributed by atoms with Gasteiger partial charge in [-0.1, -0.05) is 35.9 Å². The third kappa shape index (κ3) is 5.87. The molecule has 3 heterocycles. The van der Waals surface area contributed by atoms with Crippen LogP contribution < -0.4 is 9.80 Å². The third-order valence-corrected chi connectivity index (χ3v) is 7.38. The fourth-order valence-electron chi connectivity index (χ4n) is 5.34. The molecular formula is C30H34FN5O3. The molecule has 0 bridgehead atoms. The molecule has 2 aliphatic rings. The number of hydrogen-bond donors (Lipinski definition) is 0. The first-order chi connectivity index (χ1) is 18.9. The second kappa shape index (κ2) is 11.8. The SMILES string of the molecule is CCOC(=O)[C@@H]1CCCN(C(=O)c2cnc(-c3cccc(C)c3)nc2N2CCN(c3ccccc3F)CC2)C1. The van der Waals surface area contributed by atoms with Gasteiger partial charge in [0.25, 0.3) is 5.91 Å². The second-order valence-corrected chi connectivity index (χ2v) is 10.1. The fraction of sp³-hybridized carbons (Fsp3) is 0.400. The van der Waals surface area contributed by atoms with E-state index in [2.05, 4.69) is 9.88 Å². The average molecular weight is 532 g/mol. The molecule has 8 nitrogen and oxygen atoms in total. The zero-order valence-corrected chi connectivity index (χ0v) is 22.5. The van der Waals surface area contributed by atoms with Crippen molar-refractivity contribution < 1.29 is 18.7 Å². The van der Waals surface area contributed by atoms with Gasteiger partial charge in [0.1, 0.15) is 17.2 Å². The number of benzene rings is 2. The van der Waals surface area contributed by atoms with Crippen molar-refractivity contribution in [3.63, 3.8) is 0 Å². The van der Waals surface area contributed by atoms with Crippen molar-refractivity contribution in [2.45, 2.75) is 26.7 Å². The van der Waals surface area contributed by atoms with Gasteiger partial charge in [0, 0.05) is 51.0 Å². The molecule has 0 N–H and O–H groups in total. The van der Waals surface area contributed by atoms with Gasteiger partial charge in [-0.2, -0.15) is 0 Å². The Labute approximate surface area is 228 Å². The van der Waals surface area contributed by atoms with Gasteiger partial charge in [-0.25, -0.2) is 14.4 Å². The number of rotatable bonds is 6. The van der Waals surface area contributed by atoms with Gasteiger partial charge in [-0.3, -0.25) is 9.59 Å². The molecule has 1 atom stereocenters. The van der Waals surface area contributed by atoms with Gasteiger partial charge in [-0.05, 0) is 44.9 Å². The van der Waals surface area contributed by atoms with Crippen molar-refractivity contribution >= 4 is 23.4 Å². The molecule has 2 saturated heterocycles. The van der Waals surface area contributed by atoms with E-state index >= 15 is 0 Å². The third-order valence-electron chi connectivity index (χ3n) is 7.38. The number of anilines is 2. The summed E-state index contributed by atoms with van der Waals surface area (Å²) < 4.78 is 19.6. The van der Waals surface area contributed by atoms with E-state index in [1.807, 2.05) is 42.2 Å². The van der Waals surface area contributed by atoms with Crippen LogP contribution in [0.15, 0.2) is 54.7 Å². The number of aryl methyl sites for hydroxylation is 1. The number of halogens is 1. The van der Waals surface area contributed by atoms with Crippen molar-refractivity contribution in [2.75, 3.05) is 55.7 Å². The molecule has 0 radical (unpaired) electrons. The van der Waals surface area contributed by atoms with E-state index in [1.54, 1.807) is 30.2 Å². The fourth-order valence-corrected chi connectivity index (χ4v) is 5.34. The Morgan fingerprint density at radius 2 is 1.79 bits per heavy atom. The van der Waals surface area contributed by atoms with Crippen molar-refractivity contribution in [2.24, 2.45) is 5.92 Å². The quantitative estimate of drug-likeness (QED) is 0.438. The van der Waals surface area contributed by atoms with Crippen LogP contribution in [-0.4, -0.2) is 72.6 Å². The first kappa shape index (κ1) is 26.6. The van der Waals surface area contributed by atoms with Crippen LogP contribution in [0, 0.1) is 18.7 Å². The molecule has 39 heavy (non-hydrogen) atoms. The number of carbonyl (C=O) groups is 2.